The first-order valence-corrected chi connectivity index (χ1v) is 8.26. The van der Waals surface area contributed by atoms with E-state index in [9.17, 15) is 14.4 Å². The van der Waals surface area contributed by atoms with Crippen LogP contribution in [0.3, 0.4) is 0 Å². The van der Waals surface area contributed by atoms with Crippen LogP contribution in [0, 0.1) is 5.92 Å². The van der Waals surface area contributed by atoms with Crippen LogP contribution in [0.4, 0.5) is 10.5 Å². The Morgan fingerprint density at radius 3 is 2.28 bits per heavy atom. The molecule has 2 atom stereocenters. The Bertz CT molecular complexity index is 577. The Morgan fingerprint density at radius 2 is 1.72 bits per heavy atom. The van der Waals surface area contributed by atoms with E-state index < -0.39 is 18.1 Å². The molecule has 0 spiro atoms. The molecular formula is C17H27N5O3. The van der Waals surface area contributed by atoms with Gasteiger partial charge in [-0.05, 0) is 30.9 Å². The van der Waals surface area contributed by atoms with Crippen molar-refractivity contribution < 1.29 is 14.4 Å². The standard InChI is InChI=1S/C17H27N5O3/c1-11(2)14(18)16(24)22-13(9-6-10-20-17(19)25)15(23)21-12-7-4-3-5-8-12/h3-5,7-8,11,13-14H,6,9-10,18H2,1-2H3,(H,21,23)(H,22,24)(H3,19,20,25)/t13-,14-/m0/s1. The van der Waals surface area contributed by atoms with Gasteiger partial charge in [0.05, 0.1) is 6.04 Å². The molecule has 0 aliphatic heterocycles. The number of para-hydroxylation sites is 1. The summed E-state index contributed by atoms with van der Waals surface area (Å²) in [6.07, 6.45) is 0.822. The van der Waals surface area contributed by atoms with Crippen LogP contribution in [0.25, 0.3) is 0 Å². The first-order valence-electron chi connectivity index (χ1n) is 8.26. The highest BCUT2D eigenvalue weighted by molar-refractivity contribution is 5.97. The topological polar surface area (TPSA) is 139 Å². The monoisotopic (exact) mass is 349 g/mol. The van der Waals surface area contributed by atoms with Crippen LogP contribution in [0.15, 0.2) is 30.3 Å². The largest absolute Gasteiger partial charge is 0.352 e. The van der Waals surface area contributed by atoms with E-state index >= 15 is 0 Å². The summed E-state index contributed by atoms with van der Waals surface area (Å²) in [6, 6.07) is 6.87. The van der Waals surface area contributed by atoms with E-state index in [-0.39, 0.29) is 17.7 Å². The summed E-state index contributed by atoms with van der Waals surface area (Å²) in [7, 11) is 0. The van der Waals surface area contributed by atoms with Gasteiger partial charge in [0.2, 0.25) is 11.8 Å². The molecule has 0 aliphatic rings. The van der Waals surface area contributed by atoms with Gasteiger partial charge in [-0.25, -0.2) is 4.79 Å². The van der Waals surface area contributed by atoms with Crippen molar-refractivity contribution in [2.75, 3.05) is 11.9 Å². The van der Waals surface area contributed by atoms with Crippen molar-refractivity contribution in [3.8, 4) is 0 Å². The molecule has 4 amide bonds. The van der Waals surface area contributed by atoms with Crippen LogP contribution in [0.5, 0.6) is 0 Å². The summed E-state index contributed by atoms with van der Waals surface area (Å²) in [4.78, 5) is 35.4. The first-order chi connectivity index (χ1) is 11.8. The zero-order valence-corrected chi connectivity index (χ0v) is 14.6. The number of anilines is 1. The molecule has 0 bridgehead atoms. The highest BCUT2D eigenvalue weighted by Gasteiger charge is 2.25. The van der Waals surface area contributed by atoms with Crippen molar-refractivity contribution in [3.05, 3.63) is 30.3 Å². The molecule has 0 heterocycles. The lowest BCUT2D eigenvalue weighted by Crippen LogP contribution is -2.51. The first kappa shape index (κ1) is 20.4. The summed E-state index contributed by atoms with van der Waals surface area (Å²) >= 11 is 0. The summed E-state index contributed by atoms with van der Waals surface area (Å²) in [5.74, 6) is -0.769. The fourth-order valence-corrected chi connectivity index (χ4v) is 2.11. The van der Waals surface area contributed by atoms with Crippen LogP contribution in [-0.4, -0.2) is 36.5 Å². The zero-order valence-electron chi connectivity index (χ0n) is 14.6. The molecule has 0 fully saturated rings. The van der Waals surface area contributed by atoms with Gasteiger partial charge in [0.1, 0.15) is 6.04 Å². The van der Waals surface area contributed by atoms with Crippen molar-refractivity contribution in [1.82, 2.24) is 10.6 Å². The second-order valence-corrected chi connectivity index (χ2v) is 6.12. The molecule has 7 N–H and O–H groups in total. The minimum atomic E-state index is -0.757. The van der Waals surface area contributed by atoms with Gasteiger partial charge in [-0.15, -0.1) is 0 Å². The number of carbonyl (C=O) groups is 3. The van der Waals surface area contributed by atoms with Crippen molar-refractivity contribution in [2.45, 2.75) is 38.8 Å². The number of benzene rings is 1. The van der Waals surface area contributed by atoms with Crippen molar-refractivity contribution >= 4 is 23.5 Å². The fraction of sp³-hybridized carbons (Fsp3) is 0.471. The summed E-state index contributed by atoms with van der Waals surface area (Å²) in [6.45, 7) is 3.98. The molecule has 138 valence electrons. The van der Waals surface area contributed by atoms with Crippen LogP contribution in [-0.2, 0) is 9.59 Å². The molecule has 8 nitrogen and oxygen atoms in total. The van der Waals surface area contributed by atoms with Gasteiger partial charge in [-0.2, -0.15) is 0 Å². The minimum absolute atomic E-state index is 0.0469. The second-order valence-electron chi connectivity index (χ2n) is 6.12. The van der Waals surface area contributed by atoms with Crippen molar-refractivity contribution in [3.63, 3.8) is 0 Å². The second kappa shape index (κ2) is 10.3. The molecule has 1 rings (SSSR count). The SMILES string of the molecule is CC(C)[C@H](N)C(=O)N[C@@H](CCCNC(N)=O)C(=O)Nc1ccccc1. The average molecular weight is 349 g/mol. The van der Waals surface area contributed by atoms with Gasteiger partial charge in [0.25, 0.3) is 0 Å². The third-order valence-corrected chi connectivity index (χ3v) is 3.66. The molecular weight excluding hydrogens is 322 g/mol. The molecule has 0 radical (unpaired) electrons. The van der Waals surface area contributed by atoms with Crippen LogP contribution in [0.1, 0.15) is 26.7 Å². The molecule has 0 saturated carbocycles. The number of hydrogen-bond donors (Lipinski definition) is 5. The van der Waals surface area contributed by atoms with E-state index in [0.29, 0.717) is 25.1 Å². The zero-order chi connectivity index (χ0) is 18.8. The highest BCUT2D eigenvalue weighted by Crippen LogP contribution is 2.08. The maximum Gasteiger partial charge on any atom is 0.312 e. The Hall–Kier alpha value is -2.61. The normalized spacial score (nSPS) is 13.0. The Labute approximate surface area is 147 Å². The Morgan fingerprint density at radius 1 is 1.08 bits per heavy atom. The molecule has 0 aromatic heterocycles. The summed E-state index contributed by atoms with van der Waals surface area (Å²) < 4.78 is 0. The number of urea groups is 1. The molecule has 0 saturated heterocycles. The molecule has 8 heteroatoms. The van der Waals surface area contributed by atoms with E-state index in [1.807, 2.05) is 19.9 Å². The third kappa shape index (κ3) is 7.67. The maximum absolute atomic E-state index is 12.5. The molecule has 25 heavy (non-hydrogen) atoms. The van der Waals surface area contributed by atoms with Gasteiger partial charge >= 0.3 is 6.03 Å². The number of primary amides is 1. The summed E-state index contributed by atoms with van der Waals surface area (Å²) in [5, 5.41) is 7.90. The predicted molar refractivity (Wildman–Crippen MR) is 96.6 cm³/mol. The lowest BCUT2D eigenvalue weighted by Gasteiger charge is -2.22. The molecule has 1 aromatic carbocycles. The number of hydrogen-bond acceptors (Lipinski definition) is 4. The van der Waals surface area contributed by atoms with Crippen molar-refractivity contribution in [1.29, 1.82) is 0 Å². The van der Waals surface area contributed by atoms with Gasteiger partial charge < -0.3 is 27.4 Å². The lowest BCUT2D eigenvalue weighted by atomic mass is 10.0. The van der Waals surface area contributed by atoms with Crippen LogP contribution < -0.4 is 27.4 Å². The van der Waals surface area contributed by atoms with Gasteiger partial charge in [-0.1, -0.05) is 32.0 Å². The van der Waals surface area contributed by atoms with E-state index in [2.05, 4.69) is 16.0 Å². The molecule has 1 aromatic rings. The number of nitrogens with two attached hydrogens (primary N) is 2. The minimum Gasteiger partial charge on any atom is -0.352 e. The van der Waals surface area contributed by atoms with Gasteiger partial charge in [0, 0.05) is 12.2 Å². The van der Waals surface area contributed by atoms with Crippen LogP contribution in [0.2, 0.25) is 0 Å². The number of carbonyl (C=O) groups excluding carboxylic acids is 3. The third-order valence-electron chi connectivity index (χ3n) is 3.66. The van der Waals surface area contributed by atoms with Crippen LogP contribution >= 0.6 is 0 Å². The van der Waals surface area contributed by atoms with Gasteiger partial charge in [0.15, 0.2) is 0 Å². The summed E-state index contributed by atoms with van der Waals surface area (Å²) in [5.41, 5.74) is 11.5. The average Bonchev–Trinajstić information content (AvgIpc) is 2.57. The molecule has 0 unspecified atom stereocenters. The number of amides is 4. The number of rotatable bonds is 9. The number of nitrogens with one attached hydrogen (secondary N) is 3. The Kier molecular flexibility index (Phi) is 8.42. The van der Waals surface area contributed by atoms with Crippen molar-refractivity contribution in [2.24, 2.45) is 17.4 Å². The predicted octanol–water partition coefficient (Wildman–Crippen LogP) is 0.542. The smallest absolute Gasteiger partial charge is 0.312 e. The lowest BCUT2D eigenvalue weighted by molar-refractivity contribution is -0.128. The van der Waals surface area contributed by atoms with E-state index in [1.54, 1.807) is 24.3 Å². The van der Waals surface area contributed by atoms with Gasteiger partial charge in [-0.3, -0.25) is 9.59 Å². The van der Waals surface area contributed by atoms with E-state index in [1.165, 1.54) is 0 Å². The van der Waals surface area contributed by atoms with E-state index in [0.717, 1.165) is 0 Å². The quantitative estimate of drug-likeness (QED) is 0.415. The highest BCUT2D eigenvalue weighted by atomic mass is 16.2. The maximum atomic E-state index is 12.5. The van der Waals surface area contributed by atoms with E-state index in [4.69, 9.17) is 11.5 Å². The Balaban J connectivity index is 2.70. The fourth-order valence-electron chi connectivity index (χ4n) is 2.11. The molecule has 0 aliphatic carbocycles.